The Bertz CT molecular complexity index is 1240. The van der Waals surface area contributed by atoms with Crippen LogP contribution in [0.1, 0.15) is 76.3 Å². The van der Waals surface area contributed by atoms with Crippen molar-refractivity contribution in [2.24, 2.45) is 12.5 Å². The van der Waals surface area contributed by atoms with E-state index in [1.807, 2.05) is 30.3 Å². The molecule has 1 fully saturated rings. The molecule has 1 aliphatic carbocycles. The number of ketones is 1. The zero-order valence-electron chi connectivity index (χ0n) is 19.6. The lowest BCUT2D eigenvalue weighted by Gasteiger charge is -2.43. The molecule has 1 aliphatic heterocycles. The minimum absolute atomic E-state index is 0.0259. The van der Waals surface area contributed by atoms with E-state index in [0.29, 0.717) is 25.2 Å². The van der Waals surface area contributed by atoms with Crippen LogP contribution in [0.5, 0.6) is 0 Å². The predicted molar refractivity (Wildman–Crippen MR) is 129 cm³/mol. The maximum absolute atomic E-state index is 13.3. The minimum Gasteiger partial charge on any atom is -0.350 e. The summed E-state index contributed by atoms with van der Waals surface area (Å²) in [4.78, 5) is 34.1. The molecular weight excluding hydrogens is 418 g/mol. The Morgan fingerprint density at radius 3 is 2.56 bits per heavy atom. The quantitative estimate of drug-likeness (QED) is 0.507. The smallest absolute Gasteiger partial charge is 0.253 e. The number of Topliss-reactive ketones (excluding diaryl/α,β-unsaturated/α-hetero) is 1. The van der Waals surface area contributed by atoms with Gasteiger partial charge in [0.15, 0.2) is 5.78 Å². The molecule has 2 aliphatic rings. The van der Waals surface area contributed by atoms with Gasteiger partial charge in [-0.05, 0) is 55.4 Å². The van der Waals surface area contributed by atoms with E-state index in [0.717, 1.165) is 45.7 Å². The lowest BCUT2D eigenvalue weighted by molar-refractivity contribution is 0.0522. The molecule has 0 N–H and O–H groups in total. The van der Waals surface area contributed by atoms with Gasteiger partial charge in [-0.25, -0.2) is 4.98 Å². The third-order valence-corrected chi connectivity index (χ3v) is 8.67. The first-order valence-electron chi connectivity index (χ1n) is 11.4. The number of hydrogen-bond acceptors (Lipinski definition) is 4. The van der Waals surface area contributed by atoms with Crippen molar-refractivity contribution >= 4 is 33.9 Å². The number of aryl methyl sites for hydroxylation is 2. The summed E-state index contributed by atoms with van der Waals surface area (Å²) in [6.45, 7) is 9.93. The first-order valence-corrected chi connectivity index (χ1v) is 12.3. The van der Waals surface area contributed by atoms with Gasteiger partial charge >= 0.3 is 0 Å². The Kier molecular flexibility index (Phi) is 4.86. The Morgan fingerprint density at radius 1 is 1.16 bits per heavy atom. The van der Waals surface area contributed by atoms with Gasteiger partial charge in [0.05, 0.1) is 10.5 Å². The van der Waals surface area contributed by atoms with E-state index >= 15 is 0 Å². The second kappa shape index (κ2) is 7.27. The van der Waals surface area contributed by atoms with Crippen LogP contribution in [0.25, 0.3) is 10.9 Å². The summed E-state index contributed by atoms with van der Waals surface area (Å²) in [5, 5.41) is 2.15. The molecule has 0 radical (unpaired) electrons. The van der Waals surface area contributed by atoms with Crippen molar-refractivity contribution in [3.05, 3.63) is 51.1 Å². The third-order valence-electron chi connectivity index (χ3n) is 7.19. The van der Waals surface area contributed by atoms with Gasteiger partial charge in [-0.2, -0.15) is 0 Å². The van der Waals surface area contributed by atoms with Crippen LogP contribution in [0.15, 0.2) is 24.4 Å². The SMILES string of the molecule is Cc1cc(C(=O)N2CCC3(CC2)CC(=O)c2nc(C(C)(C)C)sc2C3)cc2ccn(C)c12. The van der Waals surface area contributed by atoms with E-state index in [-0.39, 0.29) is 22.5 Å². The van der Waals surface area contributed by atoms with Crippen LogP contribution in [-0.4, -0.2) is 39.2 Å². The molecule has 1 aromatic carbocycles. The number of amides is 1. The van der Waals surface area contributed by atoms with Gasteiger partial charge in [0, 0.05) is 54.0 Å². The first-order chi connectivity index (χ1) is 15.1. The van der Waals surface area contributed by atoms with Gasteiger partial charge in [0.2, 0.25) is 0 Å². The van der Waals surface area contributed by atoms with Crippen LogP contribution in [-0.2, 0) is 18.9 Å². The zero-order chi connectivity index (χ0) is 22.8. The molecule has 1 spiro atoms. The van der Waals surface area contributed by atoms with E-state index in [9.17, 15) is 9.59 Å². The standard InChI is InChI=1S/C26H31N3O2S/c1-16-12-18(13-17-6-9-28(5)22(16)17)23(31)29-10-7-26(8-11-29)14-19(30)21-20(15-26)32-24(27-21)25(2,3)4/h6,9,12-13H,7-8,10-11,14-15H2,1-5H3. The molecular formula is C26H31N3O2S. The topological polar surface area (TPSA) is 55.2 Å². The number of carbonyl (C=O) groups is 2. The second-order valence-corrected chi connectivity index (χ2v) is 11.9. The molecule has 2 aromatic heterocycles. The zero-order valence-corrected chi connectivity index (χ0v) is 20.4. The Balaban J connectivity index is 1.33. The van der Waals surface area contributed by atoms with Crippen LogP contribution in [0.2, 0.25) is 0 Å². The van der Waals surface area contributed by atoms with Crippen molar-refractivity contribution in [3.63, 3.8) is 0 Å². The van der Waals surface area contributed by atoms with Gasteiger partial charge in [-0.1, -0.05) is 20.8 Å². The van der Waals surface area contributed by atoms with Crippen molar-refractivity contribution in [3.8, 4) is 0 Å². The van der Waals surface area contributed by atoms with Gasteiger partial charge < -0.3 is 9.47 Å². The Morgan fingerprint density at radius 2 is 1.88 bits per heavy atom. The molecule has 1 amide bonds. The fourth-order valence-electron chi connectivity index (χ4n) is 5.36. The summed E-state index contributed by atoms with van der Waals surface area (Å²) >= 11 is 1.71. The van der Waals surface area contributed by atoms with Gasteiger partial charge in [0.25, 0.3) is 5.91 Å². The van der Waals surface area contributed by atoms with Gasteiger partial charge in [0.1, 0.15) is 5.69 Å². The number of likely N-dealkylation sites (tertiary alicyclic amines) is 1. The van der Waals surface area contributed by atoms with E-state index in [1.54, 1.807) is 11.3 Å². The molecule has 5 rings (SSSR count). The summed E-state index contributed by atoms with van der Waals surface area (Å²) in [5.41, 5.74) is 3.70. The number of aromatic nitrogens is 2. The van der Waals surface area contributed by atoms with E-state index in [2.05, 4.69) is 38.3 Å². The van der Waals surface area contributed by atoms with Gasteiger partial charge in [-0.15, -0.1) is 11.3 Å². The van der Waals surface area contributed by atoms with Crippen molar-refractivity contribution in [1.82, 2.24) is 14.5 Å². The van der Waals surface area contributed by atoms with Crippen molar-refractivity contribution in [1.29, 1.82) is 0 Å². The second-order valence-electron chi connectivity index (χ2n) is 10.8. The Hall–Kier alpha value is -2.47. The highest BCUT2D eigenvalue weighted by Crippen LogP contribution is 2.46. The predicted octanol–water partition coefficient (Wildman–Crippen LogP) is 5.29. The van der Waals surface area contributed by atoms with Crippen molar-refractivity contribution < 1.29 is 9.59 Å². The molecule has 6 heteroatoms. The number of thiazole rings is 1. The summed E-state index contributed by atoms with van der Waals surface area (Å²) in [7, 11) is 2.03. The largest absolute Gasteiger partial charge is 0.350 e. The fraction of sp³-hybridized carbons (Fsp3) is 0.500. The highest BCUT2D eigenvalue weighted by molar-refractivity contribution is 7.12. The van der Waals surface area contributed by atoms with E-state index in [4.69, 9.17) is 4.98 Å². The van der Waals surface area contributed by atoms with Crippen LogP contribution < -0.4 is 0 Å². The normalized spacial score (nSPS) is 18.4. The molecule has 5 nitrogen and oxygen atoms in total. The molecule has 0 bridgehead atoms. The average Bonchev–Trinajstić information content (AvgIpc) is 3.32. The number of benzene rings is 1. The van der Waals surface area contributed by atoms with Crippen molar-refractivity contribution in [2.45, 2.75) is 58.8 Å². The van der Waals surface area contributed by atoms with Crippen molar-refractivity contribution in [2.75, 3.05) is 13.1 Å². The monoisotopic (exact) mass is 449 g/mol. The number of carbonyl (C=O) groups excluding carboxylic acids is 2. The third kappa shape index (κ3) is 3.49. The van der Waals surface area contributed by atoms with Crippen LogP contribution in [0, 0.1) is 12.3 Å². The van der Waals surface area contributed by atoms with Gasteiger partial charge in [-0.3, -0.25) is 9.59 Å². The molecule has 1 saturated heterocycles. The molecule has 0 saturated carbocycles. The Labute approximate surface area is 193 Å². The maximum atomic E-state index is 13.3. The summed E-state index contributed by atoms with van der Waals surface area (Å²) in [6.07, 6.45) is 5.26. The summed E-state index contributed by atoms with van der Waals surface area (Å²) < 4.78 is 2.10. The number of hydrogen-bond donors (Lipinski definition) is 0. The summed E-state index contributed by atoms with van der Waals surface area (Å²) in [5.74, 6) is 0.285. The fourth-order valence-corrected chi connectivity index (χ4v) is 6.67. The van der Waals surface area contributed by atoms with E-state index in [1.165, 1.54) is 5.52 Å². The minimum atomic E-state index is -0.0385. The molecule has 168 valence electrons. The van der Waals surface area contributed by atoms with Crippen LogP contribution in [0.4, 0.5) is 0 Å². The highest BCUT2D eigenvalue weighted by Gasteiger charge is 2.43. The number of rotatable bonds is 1. The number of piperidine rings is 1. The van der Waals surface area contributed by atoms with E-state index < -0.39 is 0 Å². The molecule has 32 heavy (non-hydrogen) atoms. The maximum Gasteiger partial charge on any atom is 0.253 e. The first kappa shape index (κ1) is 21.4. The van der Waals surface area contributed by atoms with Crippen LogP contribution >= 0.6 is 11.3 Å². The lowest BCUT2D eigenvalue weighted by Crippen LogP contribution is -2.46. The molecule has 0 atom stereocenters. The lowest BCUT2D eigenvalue weighted by atomic mass is 9.68. The molecule has 3 heterocycles. The van der Waals surface area contributed by atoms with Crippen LogP contribution in [0.3, 0.4) is 0 Å². The molecule has 3 aromatic rings. The summed E-state index contributed by atoms with van der Waals surface area (Å²) in [6, 6.07) is 6.09. The average molecular weight is 450 g/mol. The molecule has 0 unspecified atom stereocenters. The number of nitrogens with zero attached hydrogens (tertiary/aromatic N) is 3. The highest BCUT2D eigenvalue weighted by atomic mass is 32.1. The number of fused-ring (bicyclic) bond motifs is 2.